The molecule has 0 aliphatic carbocycles. The zero-order valence-electron chi connectivity index (χ0n) is 20.1. The highest BCUT2D eigenvalue weighted by Gasteiger charge is 2.40. The van der Waals surface area contributed by atoms with Crippen LogP contribution in [0.1, 0.15) is 42.4 Å². The van der Waals surface area contributed by atoms with Crippen molar-refractivity contribution in [1.29, 1.82) is 5.26 Å². The molecule has 0 amide bonds. The molecule has 2 aromatic carbocycles. The standard InChI is InChI=1S/C27H27F3N6O/c28-27(29,30)37-24-9-5-4-8-19(24)15-32-26-33-16-20(14-31)25(35-26)34-21-12-22-10-11-23(13-21)36(22)17-18-6-2-1-3-7-18/h1-9,16,21-23H,10-13,15,17H2,(H2,32,33,34,35)/t21-,22-,23+. The minimum absolute atomic E-state index is 0.0274. The molecule has 2 aliphatic heterocycles. The molecule has 3 aromatic rings. The average Bonchev–Trinajstić information content (AvgIpc) is 3.10. The third-order valence-electron chi connectivity index (χ3n) is 6.98. The van der Waals surface area contributed by atoms with Crippen molar-refractivity contribution in [3.63, 3.8) is 0 Å². The molecule has 0 unspecified atom stereocenters. The Morgan fingerprint density at radius 2 is 1.73 bits per heavy atom. The van der Waals surface area contributed by atoms with Crippen LogP contribution in [0.2, 0.25) is 0 Å². The van der Waals surface area contributed by atoms with Gasteiger partial charge in [0.1, 0.15) is 23.2 Å². The monoisotopic (exact) mass is 508 g/mol. The van der Waals surface area contributed by atoms with E-state index in [4.69, 9.17) is 0 Å². The highest BCUT2D eigenvalue weighted by molar-refractivity contribution is 5.54. The lowest BCUT2D eigenvalue weighted by Crippen LogP contribution is -2.46. The minimum atomic E-state index is -4.78. The maximum Gasteiger partial charge on any atom is 0.573 e. The van der Waals surface area contributed by atoms with Gasteiger partial charge < -0.3 is 15.4 Å². The minimum Gasteiger partial charge on any atom is -0.405 e. The van der Waals surface area contributed by atoms with Crippen LogP contribution in [0, 0.1) is 11.3 Å². The summed E-state index contributed by atoms with van der Waals surface area (Å²) in [6.45, 7) is 0.965. The van der Waals surface area contributed by atoms with Crippen LogP contribution in [0.15, 0.2) is 60.8 Å². The number of halogens is 3. The lowest BCUT2D eigenvalue weighted by molar-refractivity contribution is -0.274. The van der Waals surface area contributed by atoms with E-state index in [0.29, 0.717) is 29.0 Å². The van der Waals surface area contributed by atoms with Gasteiger partial charge in [-0.2, -0.15) is 10.2 Å². The first kappa shape index (κ1) is 24.8. The van der Waals surface area contributed by atoms with E-state index < -0.39 is 6.36 Å². The first-order valence-corrected chi connectivity index (χ1v) is 12.3. The molecular formula is C27H27F3N6O. The Bertz CT molecular complexity index is 1250. The molecule has 37 heavy (non-hydrogen) atoms. The van der Waals surface area contributed by atoms with Crippen LogP contribution in [0.5, 0.6) is 5.75 Å². The van der Waals surface area contributed by atoms with Gasteiger partial charge in [-0.15, -0.1) is 13.2 Å². The fourth-order valence-corrected chi connectivity index (χ4v) is 5.35. The SMILES string of the molecule is N#Cc1cnc(NCc2ccccc2OC(F)(F)F)nc1N[C@@H]1C[C@H]2CC[C@@H](C1)N2Cc1ccccc1. The summed E-state index contributed by atoms with van der Waals surface area (Å²) in [6, 6.07) is 19.6. The number of nitriles is 1. The molecule has 3 atom stereocenters. The van der Waals surface area contributed by atoms with Gasteiger partial charge in [-0.25, -0.2) is 4.98 Å². The Kier molecular flexibility index (Phi) is 7.15. The van der Waals surface area contributed by atoms with Crippen LogP contribution in [-0.2, 0) is 13.1 Å². The Labute approximate surface area is 213 Å². The molecule has 10 heteroatoms. The molecular weight excluding hydrogens is 481 g/mol. The van der Waals surface area contributed by atoms with Gasteiger partial charge in [0.2, 0.25) is 5.95 Å². The molecule has 2 saturated heterocycles. The van der Waals surface area contributed by atoms with Crippen LogP contribution in [0.4, 0.5) is 24.9 Å². The van der Waals surface area contributed by atoms with E-state index in [1.54, 1.807) is 6.07 Å². The second-order valence-electron chi connectivity index (χ2n) is 9.43. The quantitative estimate of drug-likeness (QED) is 0.418. The van der Waals surface area contributed by atoms with Crippen molar-refractivity contribution in [2.24, 2.45) is 0 Å². The van der Waals surface area contributed by atoms with Crippen LogP contribution < -0.4 is 15.4 Å². The van der Waals surface area contributed by atoms with Gasteiger partial charge in [-0.3, -0.25) is 4.90 Å². The van der Waals surface area contributed by atoms with Crippen molar-refractivity contribution < 1.29 is 17.9 Å². The zero-order valence-corrected chi connectivity index (χ0v) is 20.1. The summed E-state index contributed by atoms with van der Waals surface area (Å²) in [5.74, 6) is 0.362. The second kappa shape index (κ2) is 10.6. The molecule has 0 saturated carbocycles. The van der Waals surface area contributed by atoms with Crippen molar-refractivity contribution in [1.82, 2.24) is 14.9 Å². The Morgan fingerprint density at radius 3 is 2.43 bits per heavy atom. The fraction of sp³-hybridized carbons (Fsp3) is 0.370. The number of ether oxygens (including phenoxy) is 1. The van der Waals surface area contributed by atoms with Gasteiger partial charge in [0.05, 0.1) is 6.20 Å². The van der Waals surface area contributed by atoms with Crippen LogP contribution >= 0.6 is 0 Å². The van der Waals surface area contributed by atoms with Gasteiger partial charge in [-0.05, 0) is 37.3 Å². The van der Waals surface area contributed by atoms with Gasteiger partial charge in [0, 0.05) is 36.8 Å². The number of fused-ring (bicyclic) bond motifs is 2. The van der Waals surface area contributed by atoms with E-state index in [9.17, 15) is 18.4 Å². The summed E-state index contributed by atoms with van der Waals surface area (Å²) in [6.07, 6.45) is 0.836. The van der Waals surface area contributed by atoms with Gasteiger partial charge >= 0.3 is 6.36 Å². The van der Waals surface area contributed by atoms with Crippen LogP contribution in [0.3, 0.4) is 0 Å². The zero-order chi connectivity index (χ0) is 25.8. The molecule has 192 valence electrons. The highest BCUT2D eigenvalue weighted by Crippen LogP contribution is 2.38. The van der Waals surface area contributed by atoms with Crippen molar-refractivity contribution in [2.75, 3.05) is 10.6 Å². The number of alkyl halides is 3. The van der Waals surface area contributed by atoms with Gasteiger partial charge in [0.15, 0.2) is 0 Å². The van der Waals surface area contributed by atoms with E-state index in [0.717, 1.165) is 32.2 Å². The molecule has 2 N–H and O–H groups in total. The largest absolute Gasteiger partial charge is 0.573 e. The lowest BCUT2D eigenvalue weighted by atomic mass is 9.96. The Hall–Kier alpha value is -3.84. The highest BCUT2D eigenvalue weighted by atomic mass is 19.4. The predicted molar refractivity (Wildman–Crippen MR) is 133 cm³/mol. The van der Waals surface area contributed by atoms with E-state index in [1.807, 2.05) is 6.07 Å². The Balaban J connectivity index is 1.24. The number of nitrogens with one attached hydrogen (secondary N) is 2. The van der Waals surface area contributed by atoms with Crippen LogP contribution in [0.25, 0.3) is 0 Å². The van der Waals surface area contributed by atoms with Crippen LogP contribution in [-0.4, -0.2) is 39.4 Å². The van der Waals surface area contributed by atoms with Gasteiger partial charge in [-0.1, -0.05) is 48.5 Å². The summed E-state index contributed by atoms with van der Waals surface area (Å²) in [5, 5.41) is 16.0. The van der Waals surface area contributed by atoms with Crippen molar-refractivity contribution in [3.05, 3.63) is 77.5 Å². The summed E-state index contributed by atoms with van der Waals surface area (Å²) in [4.78, 5) is 11.2. The number of anilines is 2. The third-order valence-corrected chi connectivity index (χ3v) is 6.98. The number of hydrogen-bond acceptors (Lipinski definition) is 7. The number of hydrogen-bond donors (Lipinski definition) is 2. The molecule has 2 fully saturated rings. The topological polar surface area (TPSA) is 86.1 Å². The summed E-state index contributed by atoms with van der Waals surface area (Å²) in [7, 11) is 0. The molecule has 2 aliphatic rings. The lowest BCUT2D eigenvalue weighted by Gasteiger charge is -2.39. The first-order valence-electron chi connectivity index (χ1n) is 12.3. The van der Waals surface area contributed by atoms with E-state index in [-0.39, 0.29) is 24.3 Å². The van der Waals surface area contributed by atoms with Crippen molar-refractivity contribution in [3.8, 4) is 11.8 Å². The first-order chi connectivity index (χ1) is 17.9. The predicted octanol–water partition coefficient (Wildman–Crippen LogP) is 5.47. The maximum absolute atomic E-state index is 12.7. The van der Waals surface area contributed by atoms with E-state index in [1.165, 1.54) is 30.0 Å². The van der Waals surface area contributed by atoms with E-state index >= 15 is 0 Å². The molecule has 2 bridgehead atoms. The number of nitrogens with zero attached hydrogens (tertiary/aromatic N) is 4. The fourth-order valence-electron chi connectivity index (χ4n) is 5.35. The molecule has 1 aromatic heterocycles. The molecule has 0 radical (unpaired) electrons. The summed E-state index contributed by atoms with van der Waals surface area (Å²) >= 11 is 0. The second-order valence-corrected chi connectivity index (χ2v) is 9.43. The molecule has 7 nitrogen and oxygen atoms in total. The normalized spacial score (nSPS) is 21.3. The summed E-state index contributed by atoms with van der Waals surface area (Å²) in [5.41, 5.74) is 1.95. The van der Waals surface area contributed by atoms with Crippen molar-refractivity contribution >= 4 is 11.8 Å². The number of benzene rings is 2. The number of aromatic nitrogens is 2. The average molecular weight is 509 g/mol. The third kappa shape index (κ3) is 6.12. The number of para-hydroxylation sites is 1. The number of rotatable bonds is 8. The molecule has 3 heterocycles. The van der Waals surface area contributed by atoms with Crippen molar-refractivity contribution in [2.45, 2.75) is 63.3 Å². The Morgan fingerprint density at radius 1 is 1.03 bits per heavy atom. The molecule has 0 spiro atoms. The number of piperidine rings is 1. The molecule has 5 rings (SSSR count). The maximum atomic E-state index is 12.7. The van der Waals surface area contributed by atoms with Gasteiger partial charge in [0.25, 0.3) is 0 Å². The summed E-state index contributed by atoms with van der Waals surface area (Å²) < 4.78 is 42.3. The smallest absolute Gasteiger partial charge is 0.405 e. The van der Waals surface area contributed by atoms with E-state index in [2.05, 4.69) is 60.6 Å².